The van der Waals surface area contributed by atoms with Gasteiger partial charge in [-0.3, -0.25) is 4.79 Å². The summed E-state index contributed by atoms with van der Waals surface area (Å²) in [5.41, 5.74) is 0. The predicted octanol–water partition coefficient (Wildman–Crippen LogP) is 1.53. The Morgan fingerprint density at radius 2 is 1.88 bits per heavy atom. The first kappa shape index (κ1) is 14.9. The summed E-state index contributed by atoms with van der Waals surface area (Å²) in [6, 6.07) is 2.38. The molecule has 2 unspecified atom stereocenters. The van der Waals surface area contributed by atoms with Gasteiger partial charge in [-0.05, 0) is 27.7 Å². The fourth-order valence-corrected chi connectivity index (χ4v) is 1.71. The number of nitrogens with one attached hydrogen (secondary N) is 1. The fourth-order valence-electron chi connectivity index (χ4n) is 1.71. The van der Waals surface area contributed by atoms with Gasteiger partial charge in [0.2, 0.25) is 5.91 Å². The third kappa shape index (κ3) is 5.72. The van der Waals surface area contributed by atoms with Crippen molar-refractivity contribution in [3.05, 3.63) is 0 Å². The maximum Gasteiger partial charge on any atom is 0.224 e. The van der Waals surface area contributed by atoms with Crippen LogP contribution >= 0.6 is 0 Å². The predicted molar refractivity (Wildman–Crippen MR) is 64.8 cm³/mol. The molecule has 2 atom stereocenters. The topological polar surface area (TPSA) is 56.1 Å². The van der Waals surface area contributed by atoms with Gasteiger partial charge in [-0.25, -0.2) is 0 Å². The number of carbonyl (C=O) groups is 1. The van der Waals surface area contributed by atoms with Crippen molar-refractivity contribution < 1.29 is 4.79 Å². The first-order chi connectivity index (χ1) is 7.54. The van der Waals surface area contributed by atoms with E-state index in [0.717, 1.165) is 13.1 Å². The molecule has 0 bridgehead atoms. The minimum Gasteiger partial charge on any atom is -0.343 e. The van der Waals surface area contributed by atoms with Crippen LogP contribution < -0.4 is 5.32 Å². The van der Waals surface area contributed by atoms with Crippen LogP contribution in [0.25, 0.3) is 0 Å². The summed E-state index contributed by atoms with van der Waals surface area (Å²) in [7, 11) is 0. The Hall–Kier alpha value is -1.08. The molecule has 0 heterocycles. The Labute approximate surface area is 98.6 Å². The normalized spacial score (nSPS) is 13.9. The number of amides is 1. The van der Waals surface area contributed by atoms with Crippen LogP contribution in [0.5, 0.6) is 0 Å². The van der Waals surface area contributed by atoms with E-state index in [0.29, 0.717) is 12.8 Å². The summed E-state index contributed by atoms with van der Waals surface area (Å²) in [6.45, 7) is 9.43. The SMILES string of the molecule is CCN(CC)C(=O)CC(C)NC(C)CC#N. The molecular weight excluding hydrogens is 202 g/mol. The van der Waals surface area contributed by atoms with E-state index in [-0.39, 0.29) is 18.0 Å². The van der Waals surface area contributed by atoms with E-state index in [2.05, 4.69) is 11.4 Å². The lowest BCUT2D eigenvalue weighted by Gasteiger charge is -2.23. The van der Waals surface area contributed by atoms with Gasteiger partial charge in [0, 0.05) is 31.6 Å². The number of hydrogen-bond donors (Lipinski definition) is 1. The minimum absolute atomic E-state index is 0.122. The van der Waals surface area contributed by atoms with Gasteiger partial charge >= 0.3 is 0 Å². The van der Waals surface area contributed by atoms with E-state index >= 15 is 0 Å². The van der Waals surface area contributed by atoms with Gasteiger partial charge < -0.3 is 10.2 Å². The standard InChI is InChI=1S/C12H23N3O/c1-5-15(6-2)12(16)9-11(4)14-10(3)7-8-13/h10-11,14H,5-7,9H2,1-4H3. The molecule has 1 amide bonds. The van der Waals surface area contributed by atoms with Crippen molar-refractivity contribution in [3.8, 4) is 6.07 Å². The third-order valence-electron chi connectivity index (χ3n) is 2.56. The molecule has 16 heavy (non-hydrogen) atoms. The molecule has 0 aliphatic rings. The van der Waals surface area contributed by atoms with Crippen LogP contribution in [0.4, 0.5) is 0 Å². The van der Waals surface area contributed by atoms with Crippen molar-refractivity contribution in [2.24, 2.45) is 0 Å². The molecule has 0 saturated heterocycles. The molecule has 0 aliphatic heterocycles. The van der Waals surface area contributed by atoms with Crippen LogP contribution in [0.2, 0.25) is 0 Å². The highest BCUT2D eigenvalue weighted by Crippen LogP contribution is 2.00. The van der Waals surface area contributed by atoms with Crippen molar-refractivity contribution >= 4 is 5.91 Å². The molecule has 0 radical (unpaired) electrons. The Balaban J connectivity index is 3.99. The Morgan fingerprint density at radius 1 is 1.31 bits per heavy atom. The molecule has 0 saturated carbocycles. The first-order valence-corrected chi connectivity index (χ1v) is 5.95. The third-order valence-corrected chi connectivity index (χ3v) is 2.56. The molecule has 92 valence electrons. The van der Waals surface area contributed by atoms with E-state index in [1.165, 1.54) is 0 Å². The van der Waals surface area contributed by atoms with Crippen LogP contribution in [0, 0.1) is 11.3 Å². The van der Waals surface area contributed by atoms with Crippen LogP contribution in [0.15, 0.2) is 0 Å². The van der Waals surface area contributed by atoms with Gasteiger partial charge in [-0.1, -0.05) is 0 Å². The second kappa shape index (κ2) is 8.12. The maximum absolute atomic E-state index is 11.8. The van der Waals surface area contributed by atoms with Gasteiger partial charge in [0.1, 0.15) is 0 Å². The van der Waals surface area contributed by atoms with Crippen LogP contribution in [0.1, 0.15) is 40.5 Å². The zero-order valence-electron chi connectivity index (χ0n) is 10.8. The lowest BCUT2D eigenvalue weighted by atomic mass is 10.1. The molecule has 0 aromatic heterocycles. The number of rotatable bonds is 7. The summed E-state index contributed by atoms with van der Waals surface area (Å²) in [5.74, 6) is 0.175. The van der Waals surface area contributed by atoms with Gasteiger partial charge in [0.05, 0.1) is 12.5 Å². The monoisotopic (exact) mass is 225 g/mol. The molecule has 0 rings (SSSR count). The first-order valence-electron chi connectivity index (χ1n) is 5.95. The van der Waals surface area contributed by atoms with Crippen LogP contribution in [0.3, 0.4) is 0 Å². The van der Waals surface area contributed by atoms with Crippen molar-refractivity contribution in [3.63, 3.8) is 0 Å². The minimum atomic E-state index is 0.122. The second-order valence-corrected chi connectivity index (χ2v) is 4.10. The van der Waals surface area contributed by atoms with Crippen LogP contribution in [-0.2, 0) is 4.79 Å². The quantitative estimate of drug-likeness (QED) is 0.715. The van der Waals surface area contributed by atoms with Gasteiger partial charge in [-0.15, -0.1) is 0 Å². The van der Waals surface area contributed by atoms with Gasteiger partial charge in [0.15, 0.2) is 0 Å². The highest BCUT2D eigenvalue weighted by molar-refractivity contribution is 5.76. The van der Waals surface area contributed by atoms with Crippen molar-refractivity contribution in [2.75, 3.05) is 13.1 Å². The fraction of sp³-hybridized carbons (Fsp3) is 0.833. The average molecular weight is 225 g/mol. The molecule has 0 aromatic rings. The van der Waals surface area contributed by atoms with E-state index in [4.69, 9.17) is 5.26 Å². The molecule has 4 heteroatoms. The summed E-state index contributed by atoms with van der Waals surface area (Å²) >= 11 is 0. The largest absolute Gasteiger partial charge is 0.343 e. The Morgan fingerprint density at radius 3 is 2.31 bits per heavy atom. The van der Waals surface area contributed by atoms with E-state index < -0.39 is 0 Å². The smallest absolute Gasteiger partial charge is 0.224 e. The van der Waals surface area contributed by atoms with Crippen molar-refractivity contribution in [1.29, 1.82) is 5.26 Å². The Kier molecular flexibility index (Phi) is 7.57. The summed E-state index contributed by atoms with van der Waals surface area (Å²) in [5, 5.41) is 11.8. The Bertz CT molecular complexity index is 243. The summed E-state index contributed by atoms with van der Waals surface area (Å²) in [4.78, 5) is 13.6. The van der Waals surface area contributed by atoms with Crippen molar-refractivity contribution in [2.45, 2.75) is 52.6 Å². The molecule has 0 spiro atoms. The highest BCUT2D eigenvalue weighted by Gasteiger charge is 2.15. The zero-order chi connectivity index (χ0) is 12.6. The molecular formula is C12H23N3O. The highest BCUT2D eigenvalue weighted by atomic mass is 16.2. The maximum atomic E-state index is 11.8. The number of nitriles is 1. The summed E-state index contributed by atoms with van der Waals surface area (Å²) in [6.07, 6.45) is 0.973. The number of hydrogen-bond acceptors (Lipinski definition) is 3. The van der Waals surface area contributed by atoms with Gasteiger partial charge in [0.25, 0.3) is 0 Å². The van der Waals surface area contributed by atoms with E-state index in [1.54, 1.807) is 0 Å². The van der Waals surface area contributed by atoms with E-state index in [9.17, 15) is 4.79 Å². The lowest BCUT2D eigenvalue weighted by Crippen LogP contribution is -2.40. The molecule has 4 nitrogen and oxygen atoms in total. The molecule has 0 aliphatic carbocycles. The lowest BCUT2D eigenvalue weighted by molar-refractivity contribution is -0.131. The molecule has 1 N–H and O–H groups in total. The number of carbonyl (C=O) groups excluding carboxylic acids is 1. The second-order valence-electron chi connectivity index (χ2n) is 4.10. The average Bonchev–Trinajstić information content (AvgIpc) is 2.19. The molecule has 0 fully saturated rings. The zero-order valence-corrected chi connectivity index (χ0v) is 10.8. The van der Waals surface area contributed by atoms with Crippen molar-refractivity contribution in [1.82, 2.24) is 10.2 Å². The van der Waals surface area contributed by atoms with E-state index in [1.807, 2.05) is 32.6 Å². The molecule has 0 aromatic carbocycles. The van der Waals surface area contributed by atoms with Gasteiger partial charge in [-0.2, -0.15) is 5.26 Å². The number of nitrogens with zero attached hydrogens (tertiary/aromatic N) is 2. The summed E-state index contributed by atoms with van der Waals surface area (Å²) < 4.78 is 0. The van der Waals surface area contributed by atoms with Crippen LogP contribution in [-0.4, -0.2) is 36.0 Å².